The van der Waals surface area contributed by atoms with E-state index in [0.29, 0.717) is 28.5 Å². The van der Waals surface area contributed by atoms with E-state index < -0.39 is 5.82 Å². The molecule has 0 aliphatic heterocycles. The molecular formula is C21H20FN5O2S. The van der Waals surface area contributed by atoms with E-state index in [1.165, 1.54) is 17.8 Å². The minimum absolute atomic E-state index is 0.0709. The molecule has 30 heavy (non-hydrogen) atoms. The van der Waals surface area contributed by atoms with Crippen LogP contribution >= 0.6 is 11.8 Å². The van der Waals surface area contributed by atoms with E-state index in [2.05, 4.69) is 20.4 Å². The van der Waals surface area contributed by atoms with Crippen LogP contribution in [0.2, 0.25) is 0 Å². The largest absolute Gasteiger partial charge is 0.483 e. The Balaban J connectivity index is 1.56. The highest BCUT2D eigenvalue weighted by atomic mass is 32.2. The molecule has 0 bridgehead atoms. The standard InChI is InChI=1S/C21H20FN5O2S/c1-14(2)20-25-24-19(29-20)13-30-21-26-23-18(27(21)15-8-4-3-5-9-15)12-28-17-11-7-6-10-16(17)22/h3-11,14H,12-13H2,1-2H3. The first-order valence-electron chi connectivity index (χ1n) is 9.44. The summed E-state index contributed by atoms with van der Waals surface area (Å²) in [6, 6.07) is 16.0. The van der Waals surface area contributed by atoms with Crippen LogP contribution in [0.1, 0.15) is 37.4 Å². The molecular weight excluding hydrogens is 405 g/mol. The predicted octanol–water partition coefficient (Wildman–Crippen LogP) is 4.78. The van der Waals surface area contributed by atoms with Gasteiger partial charge in [-0.25, -0.2) is 4.39 Å². The van der Waals surface area contributed by atoms with E-state index >= 15 is 0 Å². The molecule has 0 N–H and O–H groups in total. The Bertz CT molecular complexity index is 1110. The summed E-state index contributed by atoms with van der Waals surface area (Å²) in [5.74, 6) is 2.06. The number of benzene rings is 2. The minimum atomic E-state index is -0.421. The zero-order valence-corrected chi connectivity index (χ0v) is 17.3. The third kappa shape index (κ3) is 4.51. The van der Waals surface area contributed by atoms with Crippen molar-refractivity contribution in [1.82, 2.24) is 25.0 Å². The van der Waals surface area contributed by atoms with Crippen molar-refractivity contribution in [3.8, 4) is 11.4 Å². The lowest BCUT2D eigenvalue weighted by Crippen LogP contribution is -2.07. The number of halogens is 1. The highest BCUT2D eigenvalue weighted by Crippen LogP contribution is 2.26. The molecule has 0 radical (unpaired) electrons. The second-order valence-corrected chi connectivity index (χ2v) is 7.71. The molecule has 154 valence electrons. The Morgan fingerprint density at radius 1 is 1.00 bits per heavy atom. The molecule has 0 aliphatic carbocycles. The van der Waals surface area contributed by atoms with Crippen molar-refractivity contribution >= 4 is 11.8 Å². The third-order valence-corrected chi connectivity index (χ3v) is 5.12. The van der Waals surface area contributed by atoms with E-state index in [9.17, 15) is 4.39 Å². The number of rotatable bonds is 8. The lowest BCUT2D eigenvalue weighted by molar-refractivity contribution is 0.278. The predicted molar refractivity (Wildman–Crippen MR) is 110 cm³/mol. The molecule has 0 aliphatic rings. The third-order valence-electron chi connectivity index (χ3n) is 4.21. The molecule has 0 spiro atoms. The fraction of sp³-hybridized carbons (Fsp3) is 0.238. The van der Waals surface area contributed by atoms with Crippen molar-refractivity contribution < 1.29 is 13.5 Å². The first kappa shape index (κ1) is 20.1. The Morgan fingerprint density at radius 2 is 1.77 bits per heavy atom. The Labute approximate surface area is 177 Å². The summed E-state index contributed by atoms with van der Waals surface area (Å²) in [6.45, 7) is 4.07. The average molecular weight is 425 g/mol. The number of para-hydroxylation sites is 2. The maximum absolute atomic E-state index is 13.9. The zero-order valence-electron chi connectivity index (χ0n) is 16.5. The van der Waals surface area contributed by atoms with Gasteiger partial charge in [0.25, 0.3) is 0 Å². The van der Waals surface area contributed by atoms with Crippen LogP contribution in [0.3, 0.4) is 0 Å². The fourth-order valence-corrected chi connectivity index (χ4v) is 3.52. The normalized spacial score (nSPS) is 11.2. The molecule has 0 atom stereocenters. The van der Waals surface area contributed by atoms with E-state index in [-0.39, 0.29) is 18.3 Å². The van der Waals surface area contributed by atoms with Crippen molar-refractivity contribution in [3.05, 3.63) is 78.0 Å². The molecule has 9 heteroatoms. The Kier molecular flexibility index (Phi) is 6.08. The summed E-state index contributed by atoms with van der Waals surface area (Å²) in [4.78, 5) is 0. The van der Waals surface area contributed by atoms with Gasteiger partial charge in [0.05, 0.1) is 5.75 Å². The van der Waals surface area contributed by atoms with Crippen LogP contribution in [0, 0.1) is 5.82 Å². The summed E-state index contributed by atoms with van der Waals surface area (Å²) < 4.78 is 27.1. The van der Waals surface area contributed by atoms with Crippen molar-refractivity contribution in [2.24, 2.45) is 0 Å². The molecule has 0 unspecified atom stereocenters. The quantitative estimate of drug-likeness (QED) is 0.376. The molecule has 7 nitrogen and oxygen atoms in total. The van der Waals surface area contributed by atoms with E-state index in [0.717, 1.165) is 5.69 Å². The summed E-state index contributed by atoms with van der Waals surface area (Å²) in [6.07, 6.45) is 0. The smallest absolute Gasteiger partial charge is 0.226 e. The minimum Gasteiger partial charge on any atom is -0.483 e. The second-order valence-electron chi connectivity index (χ2n) is 6.77. The molecule has 2 heterocycles. The molecule has 2 aromatic carbocycles. The average Bonchev–Trinajstić information content (AvgIpc) is 3.39. The number of hydrogen-bond acceptors (Lipinski definition) is 7. The molecule has 4 rings (SSSR count). The molecule has 0 fully saturated rings. The van der Waals surface area contributed by atoms with Gasteiger partial charge in [0, 0.05) is 11.6 Å². The SMILES string of the molecule is CC(C)c1nnc(CSc2nnc(COc3ccccc3F)n2-c2ccccc2)o1. The van der Waals surface area contributed by atoms with Crippen LogP contribution in [-0.4, -0.2) is 25.0 Å². The number of thioether (sulfide) groups is 1. The van der Waals surface area contributed by atoms with Crippen LogP contribution in [-0.2, 0) is 12.4 Å². The van der Waals surface area contributed by atoms with Gasteiger partial charge in [-0.1, -0.05) is 55.9 Å². The molecule has 0 amide bonds. The number of nitrogens with zero attached hydrogens (tertiary/aromatic N) is 5. The maximum Gasteiger partial charge on any atom is 0.226 e. The monoisotopic (exact) mass is 425 g/mol. The first-order valence-corrected chi connectivity index (χ1v) is 10.4. The van der Waals surface area contributed by atoms with Crippen LogP contribution in [0.5, 0.6) is 5.75 Å². The molecule has 2 aromatic heterocycles. The van der Waals surface area contributed by atoms with Gasteiger partial charge in [-0.3, -0.25) is 4.57 Å². The highest BCUT2D eigenvalue weighted by Gasteiger charge is 2.17. The van der Waals surface area contributed by atoms with Crippen LogP contribution < -0.4 is 4.74 Å². The van der Waals surface area contributed by atoms with E-state index in [4.69, 9.17) is 9.15 Å². The first-order chi connectivity index (χ1) is 14.6. The summed E-state index contributed by atoms with van der Waals surface area (Å²) in [5, 5.41) is 17.4. The van der Waals surface area contributed by atoms with E-state index in [1.54, 1.807) is 18.2 Å². The second kappa shape index (κ2) is 9.08. The zero-order chi connectivity index (χ0) is 20.9. The number of aromatic nitrogens is 5. The topological polar surface area (TPSA) is 78.9 Å². The number of hydrogen-bond donors (Lipinski definition) is 0. The van der Waals surface area contributed by atoms with Gasteiger partial charge in [-0.2, -0.15) is 0 Å². The van der Waals surface area contributed by atoms with Crippen molar-refractivity contribution in [2.45, 2.75) is 37.3 Å². The van der Waals surface area contributed by atoms with Gasteiger partial charge in [-0.05, 0) is 24.3 Å². The van der Waals surface area contributed by atoms with Crippen molar-refractivity contribution in [2.75, 3.05) is 0 Å². The van der Waals surface area contributed by atoms with Gasteiger partial charge in [0.2, 0.25) is 11.8 Å². The molecule has 0 saturated heterocycles. The Hall–Kier alpha value is -3.20. The lowest BCUT2D eigenvalue weighted by Gasteiger charge is -2.11. The maximum atomic E-state index is 13.9. The van der Waals surface area contributed by atoms with Crippen molar-refractivity contribution in [1.29, 1.82) is 0 Å². The van der Waals surface area contributed by atoms with Gasteiger partial charge >= 0.3 is 0 Å². The van der Waals surface area contributed by atoms with Crippen LogP contribution in [0.4, 0.5) is 4.39 Å². The molecule has 0 saturated carbocycles. The fourth-order valence-electron chi connectivity index (χ4n) is 2.71. The van der Waals surface area contributed by atoms with Gasteiger partial charge in [-0.15, -0.1) is 20.4 Å². The number of ether oxygens (including phenoxy) is 1. The Morgan fingerprint density at radius 3 is 2.50 bits per heavy atom. The summed E-state index contributed by atoms with van der Waals surface area (Å²) >= 11 is 1.43. The summed E-state index contributed by atoms with van der Waals surface area (Å²) in [7, 11) is 0. The summed E-state index contributed by atoms with van der Waals surface area (Å²) in [5.41, 5.74) is 0.880. The van der Waals surface area contributed by atoms with E-state index in [1.807, 2.05) is 48.7 Å². The van der Waals surface area contributed by atoms with Gasteiger partial charge in [0.15, 0.2) is 22.5 Å². The van der Waals surface area contributed by atoms with Gasteiger partial charge in [0.1, 0.15) is 6.61 Å². The van der Waals surface area contributed by atoms with Crippen LogP contribution in [0.15, 0.2) is 64.2 Å². The van der Waals surface area contributed by atoms with Crippen LogP contribution in [0.25, 0.3) is 5.69 Å². The van der Waals surface area contributed by atoms with Gasteiger partial charge < -0.3 is 9.15 Å². The highest BCUT2D eigenvalue weighted by molar-refractivity contribution is 7.98. The lowest BCUT2D eigenvalue weighted by atomic mass is 10.2. The molecule has 4 aromatic rings. The van der Waals surface area contributed by atoms with Crippen molar-refractivity contribution in [3.63, 3.8) is 0 Å².